The van der Waals surface area contributed by atoms with Crippen LogP contribution in [-0.2, 0) is 0 Å². The zero-order chi connectivity index (χ0) is 0. The van der Waals surface area contributed by atoms with E-state index in [1.54, 1.807) is 0 Å². The minimum atomic E-state index is 0. The normalized spacial score (nSPS) is 0. The molecule has 0 aliphatic rings. The van der Waals surface area contributed by atoms with Gasteiger partial charge in [0.15, 0.2) is 0 Å². The maximum Gasteiger partial charge on any atom is 0 e. The van der Waals surface area contributed by atoms with Crippen molar-refractivity contribution in [1.29, 1.82) is 0 Å². The Morgan fingerprint density at radius 3 is 0.143 bits per heavy atom. The van der Waals surface area contributed by atoms with Gasteiger partial charge >= 0.3 is 0 Å². The fraction of sp³-hybridized carbons (Fsp3) is 0. The Balaban J connectivity index is 0. The van der Waals surface area contributed by atoms with E-state index in [9.17, 15) is 0 Å². The smallest absolute Gasteiger partial charge is 0 e. The van der Waals surface area contributed by atoms with Gasteiger partial charge in [0.2, 0.25) is 0 Å². The SMILES string of the molecule is O.O.O.O.O.O.O.O.O.O.O.O.[Na].[Na]. The van der Waals surface area contributed by atoms with Gasteiger partial charge in [0.05, 0.1) is 0 Å². The maximum atomic E-state index is 0. The van der Waals surface area contributed by atoms with E-state index in [0.29, 0.717) is 0 Å². The molecule has 12 nitrogen and oxygen atoms in total. The van der Waals surface area contributed by atoms with Gasteiger partial charge in [-0.3, -0.25) is 0 Å². The molecule has 0 rings (SSSR count). The Labute approximate surface area is 124 Å². The van der Waals surface area contributed by atoms with E-state index in [4.69, 9.17) is 0 Å². The Morgan fingerprint density at radius 2 is 0.143 bits per heavy atom. The van der Waals surface area contributed by atoms with Gasteiger partial charge in [-0.25, -0.2) is 0 Å². The second kappa shape index (κ2) is 1150. The summed E-state index contributed by atoms with van der Waals surface area (Å²) in [7, 11) is 0. The average Bonchev–Trinajstić information content (AvgIpc) is 0. The summed E-state index contributed by atoms with van der Waals surface area (Å²) in [5.74, 6) is 0. The van der Waals surface area contributed by atoms with Crippen LogP contribution in [0.4, 0.5) is 0 Å². The van der Waals surface area contributed by atoms with E-state index >= 15 is 0 Å². The summed E-state index contributed by atoms with van der Waals surface area (Å²) in [5, 5.41) is 0. The van der Waals surface area contributed by atoms with Gasteiger partial charge in [0.25, 0.3) is 0 Å². The topological polar surface area (TPSA) is 378 Å². The van der Waals surface area contributed by atoms with Crippen LogP contribution in [0.2, 0.25) is 0 Å². The number of hydrogen-bond acceptors (Lipinski definition) is 0. The molecule has 0 aromatic carbocycles. The molecule has 0 saturated heterocycles. The van der Waals surface area contributed by atoms with E-state index in [2.05, 4.69) is 0 Å². The summed E-state index contributed by atoms with van der Waals surface area (Å²) in [6.45, 7) is 0. The monoisotopic (exact) mass is 262 g/mol. The molecule has 0 unspecified atom stereocenters. The molecule has 0 atom stereocenters. The van der Waals surface area contributed by atoms with Crippen molar-refractivity contribution in [3.63, 3.8) is 0 Å². The summed E-state index contributed by atoms with van der Waals surface area (Å²) < 4.78 is 0. The first-order chi connectivity index (χ1) is 0. The van der Waals surface area contributed by atoms with Gasteiger partial charge in [-0.1, -0.05) is 0 Å². The molecule has 0 saturated carbocycles. The van der Waals surface area contributed by atoms with Crippen molar-refractivity contribution in [1.82, 2.24) is 0 Å². The standard InChI is InChI=1S/2Na.12H2O/h;;12*1H2. The third-order valence-electron chi connectivity index (χ3n) is 0. The molecule has 0 aliphatic heterocycles. The molecule has 0 fully saturated rings. The van der Waals surface area contributed by atoms with Gasteiger partial charge in [0, 0.05) is 59.1 Å². The van der Waals surface area contributed by atoms with Crippen molar-refractivity contribution in [3.8, 4) is 0 Å². The third kappa shape index (κ3) is 917. The average molecular weight is 262 g/mol. The predicted octanol–water partition coefficient (Wildman–Crippen LogP) is -10.7. The summed E-state index contributed by atoms with van der Waals surface area (Å²) in [6, 6.07) is 0. The summed E-state index contributed by atoms with van der Waals surface area (Å²) in [4.78, 5) is 0. The first kappa shape index (κ1) is 1420. The maximum absolute atomic E-state index is 0. The van der Waals surface area contributed by atoms with Gasteiger partial charge in [-0.05, 0) is 0 Å². The fourth-order valence-electron chi connectivity index (χ4n) is 0. The van der Waals surface area contributed by atoms with Gasteiger partial charge < -0.3 is 65.7 Å². The largest absolute Gasteiger partial charge is 0.412 e. The van der Waals surface area contributed by atoms with E-state index < -0.39 is 0 Å². The first-order valence-electron chi connectivity index (χ1n) is 0. The molecule has 2 radical (unpaired) electrons. The number of rotatable bonds is 0. The molecule has 0 aromatic heterocycles. The van der Waals surface area contributed by atoms with Crippen LogP contribution in [0.3, 0.4) is 0 Å². The Hall–Kier alpha value is 1.52. The van der Waals surface area contributed by atoms with Crippen molar-refractivity contribution in [3.05, 3.63) is 0 Å². The van der Waals surface area contributed by atoms with Crippen molar-refractivity contribution in [2.75, 3.05) is 0 Å². The molecule has 98 valence electrons. The fourth-order valence-corrected chi connectivity index (χ4v) is 0. The molecule has 0 spiro atoms. The second-order valence-electron chi connectivity index (χ2n) is 0. The molecule has 0 amide bonds. The van der Waals surface area contributed by atoms with Crippen molar-refractivity contribution >= 4 is 59.1 Å². The van der Waals surface area contributed by atoms with Crippen molar-refractivity contribution < 1.29 is 65.7 Å². The van der Waals surface area contributed by atoms with Crippen LogP contribution in [0.15, 0.2) is 0 Å². The molecule has 0 aliphatic carbocycles. The zero-order valence-electron chi connectivity index (χ0n) is 8.00. The van der Waals surface area contributed by atoms with E-state index in [0.717, 1.165) is 0 Å². The number of hydrogen-bond donors (Lipinski definition) is 0. The Morgan fingerprint density at radius 1 is 0.143 bits per heavy atom. The van der Waals surface area contributed by atoms with Gasteiger partial charge in [-0.15, -0.1) is 0 Å². The van der Waals surface area contributed by atoms with Crippen LogP contribution in [0.25, 0.3) is 0 Å². The Bertz CT molecular complexity index is 8.28. The minimum absolute atomic E-state index is 0. The molecular formula is H24Na2O12. The molecule has 0 heterocycles. The van der Waals surface area contributed by atoms with Crippen molar-refractivity contribution in [2.45, 2.75) is 0 Å². The first-order valence-corrected chi connectivity index (χ1v) is 0. The van der Waals surface area contributed by atoms with Crippen LogP contribution in [0, 0.1) is 0 Å². The second-order valence-corrected chi connectivity index (χ2v) is 0. The van der Waals surface area contributed by atoms with Crippen LogP contribution >= 0.6 is 0 Å². The molecule has 0 aromatic rings. The minimum Gasteiger partial charge on any atom is -0.412 e. The summed E-state index contributed by atoms with van der Waals surface area (Å²) in [6.07, 6.45) is 0. The zero-order valence-corrected chi connectivity index (χ0v) is 12.0. The molecule has 14 heteroatoms. The van der Waals surface area contributed by atoms with Crippen LogP contribution in [0.5, 0.6) is 0 Å². The third-order valence-corrected chi connectivity index (χ3v) is 0. The van der Waals surface area contributed by atoms with E-state index in [-0.39, 0.29) is 125 Å². The van der Waals surface area contributed by atoms with Crippen LogP contribution in [0.1, 0.15) is 0 Å². The Kier molecular flexibility index (Phi) is 116000. The van der Waals surface area contributed by atoms with E-state index in [1.807, 2.05) is 0 Å². The van der Waals surface area contributed by atoms with Crippen LogP contribution in [-0.4, -0.2) is 125 Å². The predicted molar refractivity (Wildman–Crippen MR) is 54.9 cm³/mol. The summed E-state index contributed by atoms with van der Waals surface area (Å²) >= 11 is 0. The van der Waals surface area contributed by atoms with Gasteiger partial charge in [-0.2, -0.15) is 0 Å². The van der Waals surface area contributed by atoms with E-state index in [1.165, 1.54) is 0 Å². The molecule has 14 heavy (non-hydrogen) atoms. The van der Waals surface area contributed by atoms with Crippen LogP contribution < -0.4 is 0 Å². The van der Waals surface area contributed by atoms with Crippen molar-refractivity contribution in [2.24, 2.45) is 0 Å². The quantitative estimate of drug-likeness (QED) is 0.366. The molecule has 24 N–H and O–H groups in total. The molecular weight excluding hydrogens is 238 g/mol. The molecule has 0 bridgehead atoms. The summed E-state index contributed by atoms with van der Waals surface area (Å²) in [5.41, 5.74) is 0. The van der Waals surface area contributed by atoms with Gasteiger partial charge in [0.1, 0.15) is 0 Å².